The van der Waals surface area contributed by atoms with E-state index < -0.39 is 17.7 Å². The third-order valence-corrected chi connectivity index (χ3v) is 8.12. The van der Waals surface area contributed by atoms with Crippen molar-refractivity contribution in [1.29, 1.82) is 0 Å². The summed E-state index contributed by atoms with van der Waals surface area (Å²) in [6.07, 6.45) is 4.76. The summed E-state index contributed by atoms with van der Waals surface area (Å²) in [5.74, 6) is -1.23. The molecule has 0 radical (unpaired) electrons. The molecule has 0 bridgehead atoms. The lowest BCUT2D eigenvalue weighted by molar-refractivity contribution is -0.151. The second kappa shape index (κ2) is 9.01. The van der Waals surface area contributed by atoms with Crippen LogP contribution in [0.1, 0.15) is 43.2 Å². The number of piperazine rings is 1. The van der Waals surface area contributed by atoms with Crippen LogP contribution in [0.4, 0.5) is 0 Å². The Labute approximate surface area is 210 Å². The molecule has 6 heteroatoms. The van der Waals surface area contributed by atoms with E-state index in [1.807, 2.05) is 41.3 Å². The van der Waals surface area contributed by atoms with Crippen molar-refractivity contribution in [3.8, 4) is 0 Å². The zero-order chi connectivity index (χ0) is 24.7. The fourth-order valence-corrected chi connectivity index (χ4v) is 6.34. The lowest BCUT2D eigenvalue weighted by atomic mass is 9.73. The van der Waals surface area contributed by atoms with Gasteiger partial charge < -0.3 is 9.80 Å². The molecular weight excluding hydrogens is 450 g/mol. The number of amides is 2. The first-order valence-electron chi connectivity index (χ1n) is 12.8. The molecule has 0 N–H and O–H groups in total. The maximum absolute atomic E-state index is 13.5. The van der Waals surface area contributed by atoms with Crippen molar-refractivity contribution in [2.75, 3.05) is 13.1 Å². The number of nitrogens with zero attached hydrogens (tertiary/aromatic N) is 3. The van der Waals surface area contributed by atoms with Crippen molar-refractivity contribution in [1.82, 2.24) is 9.80 Å². The molecular formula is C30H29N3O3. The lowest BCUT2D eigenvalue weighted by Crippen LogP contribution is -2.64. The van der Waals surface area contributed by atoms with Crippen molar-refractivity contribution < 1.29 is 14.4 Å². The smallest absolute Gasteiger partial charge is 0.317 e. The Morgan fingerprint density at radius 1 is 0.833 bits per heavy atom. The van der Waals surface area contributed by atoms with E-state index >= 15 is 0 Å². The standard InChI is InChI=1S/C30H29N3O3/c34-27-26-29(36)32(20-21-9-2-1-3-10-21)17-18-33(26)25(31-28(27)35)19-30(15-6-7-16-30)24-14-8-12-22-11-4-5-13-23(22)24/h1-5,8-14,26H,6-7,15-20H2. The van der Waals surface area contributed by atoms with Crippen LogP contribution in [-0.2, 0) is 26.3 Å². The monoisotopic (exact) mass is 479 g/mol. The van der Waals surface area contributed by atoms with E-state index in [9.17, 15) is 14.4 Å². The van der Waals surface area contributed by atoms with Crippen LogP contribution in [0, 0.1) is 0 Å². The molecule has 6 rings (SSSR count). The molecule has 6 nitrogen and oxygen atoms in total. The number of hydrogen-bond donors (Lipinski definition) is 0. The Balaban J connectivity index is 1.33. The van der Waals surface area contributed by atoms with Crippen LogP contribution in [0.2, 0.25) is 0 Å². The fourth-order valence-electron chi connectivity index (χ4n) is 6.34. The van der Waals surface area contributed by atoms with Crippen molar-refractivity contribution in [2.24, 2.45) is 4.99 Å². The summed E-state index contributed by atoms with van der Waals surface area (Å²) in [5, 5.41) is 2.42. The summed E-state index contributed by atoms with van der Waals surface area (Å²) in [4.78, 5) is 47.0. The molecule has 1 atom stereocenters. The molecule has 3 aromatic carbocycles. The second-order valence-electron chi connectivity index (χ2n) is 10.2. The van der Waals surface area contributed by atoms with E-state index in [0.717, 1.165) is 31.2 Å². The minimum Gasteiger partial charge on any atom is -0.339 e. The SMILES string of the molecule is O=C1N=C(CC2(c3cccc4ccccc34)CCCC2)N2CCN(Cc3ccccc3)C(=O)C2C1=O. The molecule has 36 heavy (non-hydrogen) atoms. The first kappa shape index (κ1) is 22.7. The summed E-state index contributed by atoms with van der Waals surface area (Å²) >= 11 is 0. The minimum atomic E-state index is -1.10. The summed E-state index contributed by atoms with van der Waals surface area (Å²) < 4.78 is 0. The summed E-state index contributed by atoms with van der Waals surface area (Å²) in [6, 6.07) is 23.5. The molecule has 2 fully saturated rings. The van der Waals surface area contributed by atoms with E-state index in [-0.39, 0.29) is 11.3 Å². The molecule has 1 unspecified atom stereocenters. The summed E-state index contributed by atoms with van der Waals surface area (Å²) in [7, 11) is 0. The third kappa shape index (κ3) is 3.81. The van der Waals surface area contributed by atoms with E-state index in [4.69, 9.17) is 0 Å². The molecule has 2 aliphatic heterocycles. The van der Waals surface area contributed by atoms with Gasteiger partial charge in [-0.15, -0.1) is 0 Å². The van der Waals surface area contributed by atoms with Gasteiger partial charge in [0.1, 0.15) is 5.84 Å². The number of carbonyl (C=O) groups excluding carboxylic acids is 3. The fraction of sp³-hybridized carbons (Fsp3) is 0.333. The Morgan fingerprint density at radius 2 is 1.56 bits per heavy atom. The van der Waals surface area contributed by atoms with E-state index in [1.165, 1.54) is 16.3 Å². The van der Waals surface area contributed by atoms with E-state index in [1.54, 1.807) is 4.90 Å². The summed E-state index contributed by atoms with van der Waals surface area (Å²) in [5.41, 5.74) is 2.11. The number of benzene rings is 3. The molecule has 1 saturated carbocycles. The maximum Gasteiger partial charge on any atom is 0.317 e. The number of amidine groups is 1. The molecule has 0 spiro atoms. The molecule has 3 aliphatic rings. The van der Waals surface area contributed by atoms with Gasteiger partial charge in [-0.25, -0.2) is 0 Å². The Bertz CT molecular complexity index is 1370. The number of ketones is 1. The average molecular weight is 480 g/mol. The largest absolute Gasteiger partial charge is 0.339 e. The molecule has 1 saturated heterocycles. The lowest BCUT2D eigenvalue weighted by Gasteiger charge is -2.44. The van der Waals surface area contributed by atoms with E-state index in [2.05, 4.69) is 41.4 Å². The molecule has 2 amide bonds. The zero-order valence-corrected chi connectivity index (χ0v) is 20.2. The molecule has 3 aromatic rings. The molecule has 0 aromatic heterocycles. The van der Waals surface area contributed by atoms with E-state index in [0.29, 0.717) is 31.9 Å². The van der Waals surface area contributed by atoms with Crippen LogP contribution < -0.4 is 0 Å². The highest BCUT2D eigenvalue weighted by molar-refractivity contribution is 6.45. The highest BCUT2D eigenvalue weighted by Crippen LogP contribution is 2.47. The van der Waals surface area contributed by atoms with Gasteiger partial charge in [0.15, 0.2) is 6.04 Å². The first-order chi connectivity index (χ1) is 17.6. The van der Waals surface area contributed by atoms with Crippen LogP contribution in [0.15, 0.2) is 77.8 Å². The Hall–Kier alpha value is -3.80. The van der Waals surface area contributed by atoms with Gasteiger partial charge in [0.05, 0.1) is 0 Å². The van der Waals surface area contributed by atoms with Gasteiger partial charge in [-0.3, -0.25) is 14.4 Å². The highest BCUT2D eigenvalue weighted by atomic mass is 16.2. The summed E-state index contributed by atoms with van der Waals surface area (Å²) in [6.45, 7) is 1.41. The zero-order valence-electron chi connectivity index (χ0n) is 20.2. The maximum atomic E-state index is 13.5. The van der Waals surface area contributed by atoms with Gasteiger partial charge in [0.2, 0.25) is 0 Å². The van der Waals surface area contributed by atoms with Gasteiger partial charge in [-0.1, -0.05) is 85.6 Å². The Morgan fingerprint density at radius 3 is 2.36 bits per heavy atom. The Kier molecular flexibility index (Phi) is 5.67. The van der Waals surface area contributed by atoms with Crippen LogP contribution in [0.3, 0.4) is 0 Å². The highest BCUT2D eigenvalue weighted by Gasteiger charge is 2.49. The second-order valence-corrected chi connectivity index (χ2v) is 10.2. The number of aliphatic imine (C=N–C) groups is 1. The third-order valence-electron chi connectivity index (χ3n) is 8.12. The van der Waals surface area contributed by atoms with Gasteiger partial charge >= 0.3 is 5.91 Å². The quantitative estimate of drug-likeness (QED) is 0.405. The molecule has 182 valence electrons. The number of rotatable bonds is 5. The van der Waals surface area contributed by atoms with Crippen LogP contribution in [-0.4, -0.2) is 52.4 Å². The van der Waals surface area contributed by atoms with Crippen molar-refractivity contribution in [3.05, 3.63) is 83.9 Å². The van der Waals surface area contributed by atoms with Gasteiger partial charge in [-0.2, -0.15) is 4.99 Å². The van der Waals surface area contributed by atoms with Gasteiger partial charge in [0.25, 0.3) is 11.7 Å². The minimum absolute atomic E-state index is 0.171. The van der Waals surface area contributed by atoms with Crippen molar-refractivity contribution >= 4 is 34.2 Å². The average Bonchev–Trinajstić information content (AvgIpc) is 3.38. The topological polar surface area (TPSA) is 70.1 Å². The predicted molar refractivity (Wildman–Crippen MR) is 139 cm³/mol. The van der Waals surface area contributed by atoms with Crippen molar-refractivity contribution in [2.45, 2.75) is 50.1 Å². The van der Waals surface area contributed by atoms with Crippen LogP contribution >= 0.6 is 0 Å². The molecule has 2 heterocycles. The van der Waals surface area contributed by atoms with Gasteiger partial charge in [0, 0.05) is 31.5 Å². The number of fused-ring (bicyclic) bond motifs is 2. The van der Waals surface area contributed by atoms with Crippen molar-refractivity contribution in [3.63, 3.8) is 0 Å². The number of hydrogen-bond acceptors (Lipinski definition) is 4. The van der Waals surface area contributed by atoms with Crippen LogP contribution in [0.25, 0.3) is 10.8 Å². The normalized spacial score (nSPS) is 21.6. The number of carbonyl (C=O) groups is 3. The molecule has 1 aliphatic carbocycles. The van der Waals surface area contributed by atoms with Crippen LogP contribution in [0.5, 0.6) is 0 Å². The number of Topliss-reactive ketones (excluding diaryl/α,β-unsaturated/α-hetero) is 1. The predicted octanol–water partition coefficient (Wildman–Crippen LogP) is 4.26. The first-order valence-corrected chi connectivity index (χ1v) is 12.8. The van der Waals surface area contributed by atoms with Gasteiger partial charge in [-0.05, 0) is 34.7 Å².